The van der Waals surface area contributed by atoms with Gasteiger partial charge in [0.2, 0.25) is 0 Å². The quantitative estimate of drug-likeness (QED) is 0.579. The predicted octanol–water partition coefficient (Wildman–Crippen LogP) is 1.70. The number of carbonyl (C=O) groups is 1. The Morgan fingerprint density at radius 1 is 1.00 bits per heavy atom. The summed E-state index contributed by atoms with van der Waals surface area (Å²) in [4.78, 5) is 11.8. The normalized spacial score (nSPS) is 9.48. The number of nitrogens with one attached hydrogen (secondary N) is 2. The SMILES string of the molecule is N#Cc1ccc(-c2ccc(C(=O)NNC(N)=S)cc2)cc1. The molecule has 2 aromatic carbocycles. The number of nitriles is 1. The maximum atomic E-state index is 11.8. The molecule has 0 saturated heterocycles. The molecule has 6 heteroatoms. The van der Waals surface area contributed by atoms with Gasteiger partial charge in [0.25, 0.3) is 5.91 Å². The number of nitrogens with two attached hydrogens (primary N) is 1. The molecule has 21 heavy (non-hydrogen) atoms. The van der Waals surface area contributed by atoms with E-state index in [9.17, 15) is 4.79 Å². The molecule has 0 spiro atoms. The van der Waals surface area contributed by atoms with Gasteiger partial charge in [-0.1, -0.05) is 24.3 Å². The van der Waals surface area contributed by atoms with Crippen LogP contribution in [0.15, 0.2) is 48.5 Å². The number of hydrogen-bond acceptors (Lipinski definition) is 3. The highest BCUT2D eigenvalue weighted by Crippen LogP contribution is 2.20. The first-order chi connectivity index (χ1) is 10.1. The second-order valence-electron chi connectivity index (χ2n) is 4.21. The number of hydrogen-bond donors (Lipinski definition) is 3. The summed E-state index contributed by atoms with van der Waals surface area (Å²) in [7, 11) is 0. The van der Waals surface area contributed by atoms with E-state index in [1.165, 1.54) is 0 Å². The van der Waals surface area contributed by atoms with Gasteiger partial charge in [0.1, 0.15) is 0 Å². The molecule has 104 valence electrons. The molecule has 0 aliphatic heterocycles. The molecule has 0 aliphatic rings. The van der Waals surface area contributed by atoms with Crippen molar-refractivity contribution >= 4 is 23.2 Å². The molecule has 5 nitrogen and oxygen atoms in total. The lowest BCUT2D eigenvalue weighted by Gasteiger charge is -2.07. The minimum Gasteiger partial charge on any atom is -0.375 e. The lowest BCUT2D eigenvalue weighted by atomic mass is 10.0. The number of thiocarbonyl (C=S) groups is 1. The molecule has 0 bridgehead atoms. The Bertz CT molecular complexity index is 702. The van der Waals surface area contributed by atoms with Crippen molar-refractivity contribution < 1.29 is 4.79 Å². The van der Waals surface area contributed by atoms with Crippen LogP contribution < -0.4 is 16.6 Å². The maximum Gasteiger partial charge on any atom is 0.269 e. The Hall–Kier alpha value is -2.91. The molecule has 1 amide bonds. The summed E-state index contributed by atoms with van der Waals surface area (Å²) in [6.45, 7) is 0. The van der Waals surface area contributed by atoms with Gasteiger partial charge < -0.3 is 5.73 Å². The van der Waals surface area contributed by atoms with Crippen LogP contribution in [0.2, 0.25) is 0 Å². The Morgan fingerprint density at radius 3 is 2.00 bits per heavy atom. The molecule has 0 aliphatic carbocycles. The van der Waals surface area contributed by atoms with Crippen molar-refractivity contribution in [2.24, 2.45) is 5.73 Å². The van der Waals surface area contributed by atoms with Crippen molar-refractivity contribution in [2.45, 2.75) is 0 Å². The molecule has 0 aromatic heterocycles. The smallest absolute Gasteiger partial charge is 0.269 e. The number of nitrogens with zero attached hydrogens (tertiary/aromatic N) is 1. The summed E-state index contributed by atoms with van der Waals surface area (Å²) in [6.07, 6.45) is 0. The fourth-order valence-corrected chi connectivity index (χ4v) is 1.79. The first kappa shape index (κ1) is 14.5. The molecule has 4 N–H and O–H groups in total. The topological polar surface area (TPSA) is 90.9 Å². The fraction of sp³-hybridized carbons (Fsp3) is 0. The molecule has 0 heterocycles. The van der Waals surface area contributed by atoms with Gasteiger partial charge in [-0.25, -0.2) is 0 Å². The van der Waals surface area contributed by atoms with Gasteiger partial charge in [-0.2, -0.15) is 5.26 Å². The van der Waals surface area contributed by atoms with Crippen LogP contribution in [0, 0.1) is 11.3 Å². The second-order valence-corrected chi connectivity index (χ2v) is 4.65. The van der Waals surface area contributed by atoms with E-state index < -0.39 is 0 Å². The van der Waals surface area contributed by atoms with E-state index in [1.54, 1.807) is 24.3 Å². The van der Waals surface area contributed by atoms with Crippen molar-refractivity contribution in [3.05, 3.63) is 59.7 Å². The van der Waals surface area contributed by atoms with E-state index in [0.29, 0.717) is 11.1 Å². The van der Waals surface area contributed by atoms with Crippen molar-refractivity contribution in [3.8, 4) is 17.2 Å². The standard InChI is InChI=1S/C15H12N4OS/c16-9-10-1-3-11(4-2-10)12-5-7-13(8-6-12)14(20)18-19-15(17)21/h1-8H,(H,18,20)(H3,17,19,21). The Morgan fingerprint density at radius 2 is 1.52 bits per heavy atom. The van der Waals surface area contributed by atoms with E-state index >= 15 is 0 Å². The fourth-order valence-electron chi connectivity index (χ4n) is 1.74. The lowest BCUT2D eigenvalue weighted by molar-refractivity contribution is 0.0944. The van der Waals surface area contributed by atoms with Crippen LogP contribution in [0.1, 0.15) is 15.9 Å². The van der Waals surface area contributed by atoms with Gasteiger partial charge in [-0.05, 0) is 47.6 Å². The molecule has 0 atom stereocenters. The van der Waals surface area contributed by atoms with Crippen LogP contribution in [0.4, 0.5) is 0 Å². The number of hydrazine groups is 1. The third-order valence-electron chi connectivity index (χ3n) is 2.79. The Balaban J connectivity index is 2.12. The Kier molecular flexibility index (Phi) is 4.49. The van der Waals surface area contributed by atoms with Crippen molar-refractivity contribution in [1.82, 2.24) is 10.9 Å². The first-order valence-corrected chi connectivity index (χ1v) is 6.47. The third-order valence-corrected chi connectivity index (χ3v) is 2.90. The minimum absolute atomic E-state index is 0.00227. The van der Waals surface area contributed by atoms with E-state index in [1.807, 2.05) is 24.3 Å². The monoisotopic (exact) mass is 296 g/mol. The summed E-state index contributed by atoms with van der Waals surface area (Å²) < 4.78 is 0. The predicted molar refractivity (Wildman–Crippen MR) is 84.0 cm³/mol. The third kappa shape index (κ3) is 3.78. The highest BCUT2D eigenvalue weighted by molar-refractivity contribution is 7.80. The highest BCUT2D eigenvalue weighted by Gasteiger charge is 2.05. The highest BCUT2D eigenvalue weighted by atomic mass is 32.1. The van der Waals surface area contributed by atoms with Crippen LogP contribution in [0.3, 0.4) is 0 Å². The molecule has 0 unspecified atom stereocenters. The lowest BCUT2D eigenvalue weighted by Crippen LogP contribution is -2.44. The van der Waals surface area contributed by atoms with E-state index in [-0.39, 0.29) is 11.0 Å². The van der Waals surface area contributed by atoms with Crippen molar-refractivity contribution in [3.63, 3.8) is 0 Å². The average Bonchev–Trinajstić information content (AvgIpc) is 2.53. The molecule has 0 fully saturated rings. The first-order valence-electron chi connectivity index (χ1n) is 6.06. The zero-order valence-electron chi connectivity index (χ0n) is 11.0. The van der Waals surface area contributed by atoms with Gasteiger partial charge >= 0.3 is 0 Å². The second kappa shape index (κ2) is 6.50. The summed E-state index contributed by atoms with van der Waals surface area (Å²) in [5, 5.41) is 8.77. The zero-order chi connectivity index (χ0) is 15.2. The van der Waals surface area contributed by atoms with Gasteiger partial charge in [-0.3, -0.25) is 15.6 Å². The van der Waals surface area contributed by atoms with Gasteiger partial charge in [-0.15, -0.1) is 0 Å². The number of amides is 1. The van der Waals surface area contributed by atoms with Crippen LogP contribution >= 0.6 is 12.2 Å². The van der Waals surface area contributed by atoms with Crippen molar-refractivity contribution in [1.29, 1.82) is 5.26 Å². The summed E-state index contributed by atoms with van der Waals surface area (Å²) in [5.41, 5.74) is 13.0. The van der Waals surface area contributed by atoms with E-state index in [4.69, 9.17) is 11.0 Å². The summed E-state index contributed by atoms with van der Waals surface area (Å²) in [6, 6.07) is 16.4. The summed E-state index contributed by atoms with van der Waals surface area (Å²) >= 11 is 4.60. The largest absolute Gasteiger partial charge is 0.375 e. The molecule has 0 saturated carbocycles. The van der Waals surface area contributed by atoms with E-state index in [0.717, 1.165) is 11.1 Å². The molecular weight excluding hydrogens is 284 g/mol. The minimum atomic E-state index is -0.325. The molecule has 2 aromatic rings. The summed E-state index contributed by atoms with van der Waals surface area (Å²) in [5.74, 6) is -0.325. The average molecular weight is 296 g/mol. The van der Waals surface area contributed by atoms with Crippen LogP contribution in [-0.2, 0) is 0 Å². The van der Waals surface area contributed by atoms with Gasteiger partial charge in [0.05, 0.1) is 11.6 Å². The van der Waals surface area contributed by atoms with Gasteiger partial charge in [0.15, 0.2) is 5.11 Å². The molecule has 2 rings (SSSR count). The maximum absolute atomic E-state index is 11.8. The van der Waals surface area contributed by atoms with Crippen molar-refractivity contribution in [2.75, 3.05) is 0 Å². The van der Waals surface area contributed by atoms with Crippen LogP contribution in [0.5, 0.6) is 0 Å². The van der Waals surface area contributed by atoms with E-state index in [2.05, 4.69) is 29.1 Å². The number of benzene rings is 2. The number of carbonyl (C=O) groups excluding carboxylic acids is 1. The molecular formula is C15H12N4OS. The van der Waals surface area contributed by atoms with Crippen LogP contribution in [0.25, 0.3) is 11.1 Å². The zero-order valence-corrected chi connectivity index (χ0v) is 11.8. The Labute approximate surface area is 127 Å². The number of rotatable bonds is 2. The van der Waals surface area contributed by atoms with Crippen LogP contribution in [-0.4, -0.2) is 11.0 Å². The molecule has 0 radical (unpaired) electrons. The van der Waals surface area contributed by atoms with Gasteiger partial charge in [0, 0.05) is 5.56 Å².